The highest BCUT2D eigenvalue weighted by molar-refractivity contribution is 5.77. The third-order valence-corrected chi connectivity index (χ3v) is 2.84. The highest BCUT2D eigenvalue weighted by Gasteiger charge is 2.08. The molecule has 0 radical (unpaired) electrons. The van der Waals surface area contributed by atoms with Gasteiger partial charge in [-0.05, 0) is 29.5 Å². The van der Waals surface area contributed by atoms with E-state index in [2.05, 4.69) is 25.2 Å². The fourth-order valence-electron chi connectivity index (χ4n) is 1.81. The van der Waals surface area contributed by atoms with Crippen molar-refractivity contribution in [2.45, 2.75) is 26.2 Å². The molecule has 0 saturated heterocycles. The van der Waals surface area contributed by atoms with E-state index in [0.717, 1.165) is 12.2 Å². The average Bonchev–Trinajstić information content (AvgIpc) is 2.38. The molecule has 0 spiro atoms. The Kier molecular flexibility index (Phi) is 5.65. The van der Waals surface area contributed by atoms with Gasteiger partial charge in [0, 0.05) is 6.54 Å². The van der Waals surface area contributed by atoms with Gasteiger partial charge >= 0.3 is 0 Å². The van der Waals surface area contributed by atoms with Crippen LogP contribution in [-0.2, 0) is 11.2 Å². The van der Waals surface area contributed by atoms with Gasteiger partial charge in [0.1, 0.15) is 5.75 Å². The molecule has 1 rings (SSSR count). The highest BCUT2D eigenvalue weighted by atomic mass is 16.5. The average molecular weight is 250 g/mol. The van der Waals surface area contributed by atoms with Crippen LogP contribution in [0.1, 0.15) is 30.9 Å². The first-order chi connectivity index (χ1) is 8.58. The maximum atomic E-state index is 11.0. The summed E-state index contributed by atoms with van der Waals surface area (Å²) in [7, 11) is 1.68. The molecule has 0 atom stereocenters. The second-order valence-electron chi connectivity index (χ2n) is 4.54. The van der Waals surface area contributed by atoms with Crippen LogP contribution in [-0.4, -0.2) is 26.1 Å². The molecule has 1 amide bonds. The molecule has 0 heterocycles. The van der Waals surface area contributed by atoms with E-state index in [1.165, 1.54) is 11.1 Å². The second-order valence-corrected chi connectivity index (χ2v) is 4.54. The van der Waals surface area contributed by atoms with Gasteiger partial charge in [-0.15, -0.1) is 0 Å². The van der Waals surface area contributed by atoms with Crippen LogP contribution in [0.4, 0.5) is 0 Å². The van der Waals surface area contributed by atoms with Gasteiger partial charge in [-0.2, -0.15) is 0 Å². The predicted octanol–water partition coefficient (Wildman–Crippen LogP) is 1.44. The molecule has 0 saturated carbocycles. The largest absolute Gasteiger partial charge is 0.496 e. The maximum absolute atomic E-state index is 11.0. The lowest BCUT2D eigenvalue weighted by Crippen LogP contribution is -2.31. The zero-order valence-corrected chi connectivity index (χ0v) is 11.3. The minimum atomic E-state index is -0.118. The normalized spacial score (nSPS) is 10.5. The molecule has 0 aliphatic heterocycles. The minimum absolute atomic E-state index is 0.0415. The number of hydrogen-bond acceptors (Lipinski definition) is 3. The molecule has 18 heavy (non-hydrogen) atoms. The van der Waals surface area contributed by atoms with Crippen LogP contribution in [0.5, 0.6) is 5.75 Å². The number of methoxy groups -OCH3 is 1. The van der Waals surface area contributed by atoms with Gasteiger partial charge in [0.25, 0.3) is 0 Å². The third kappa shape index (κ3) is 4.04. The molecule has 100 valence electrons. The lowest BCUT2D eigenvalue weighted by atomic mass is 9.98. The lowest BCUT2D eigenvalue weighted by Gasteiger charge is -2.13. The van der Waals surface area contributed by atoms with Crippen molar-refractivity contribution in [1.29, 1.82) is 0 Å². The van der Waals surface area contributed by atoms with Crippen molar-refractivity contribution in [2.75, 3.05) is 20.2 Å². The summed E-state index contributed by atoms with van der Waals surface area (Å²) >= 11 is 0. The molecule has 0 unspecified atom stereocenters. The predicted molar refractivity (Wildman–Crippen MR) is 72.9 cm³/mol. The summed E-state index contributed by atoms with van der Waals surface area (Å²) in [5, 5.41) is 2.76. The Morgan fingerprint density at radius 1 is 1.44 bits per heavy atom. The van der Waals surface area contributed by atoms with E-state index in [4.69, 9.17) is 10.5 Å². The monoisotopic (exact) mass is 250 g/mol. The van der Waals surface area contributed by atoms with Crippen LogP contribution >= 0.6 is 0 Å². The summed E-state index contributed by atoms with van der Waals surface area (Å²) in [5.74, 6) is 1.21. The topological polar surface area (TPSA) is 64.3 Å². The van der Waals surface area contributed by atoms with Crippen molar-refractivity contribution in [3.05, 3.63) is 29.3 Å². The van der Waals surface area contributed by atoms with Crippen molar-refractivity contribution in [3.63, 3.8) is 0 Å². The van der Waals surface area contributed by atoms with Crippen LogP contribution < -0.4 is 15.8 Å². The number of carbonyl (C=O) groups is 1. The number of carbonyl (C=O) groups excluding carboxylic acids is 1. The molecule has 1 aromatic carbocycles. The molecule has 0 aliphatic rings. The van der Waals surface area contributed by atoms with Gasteiger partial charge in [-0.3, -0.25) is 4.79 Å². The molecule has 3 N–H and O–H groups in total. The van der Waals surface area contributed by atoms with E-state index >= 15 is 0 Å². The summed E-state index contributed by atoms with van der Waals surface area (Å²) in [6, 6.07) is 6.15. The zero-order valence-electron chi connectivity index (χ0n) is 11.3. The van der Waals surface area contributed by atoms with Gasteiger partial charge in [-0.25, -0.2) is 0 Å². The summed E-state index contributed by atoms with van der Waals surface area (Å²) in [6.07, 6.45) is 0.801. The fourth-order valence-corrected chi connectivity index (χ4v) is 1.81. The Bertz CT molecular complexity index is 403. The molecule has 0 aromatic heterocycles. The van der Waals surface area contributed by atoms with Crippen LogP contribution in [0.25, 0.3) is 0 Å². The molecular formula is C14H22N2O2. The number of nitrogens with one attached hydrogen (secondary N) is 1. The standard InChI is InChI=1S/C14H22N2O2/c1-10(2)12-8-11(4-5-13(12)18-3)6-7-16-14(17)9-15/h4-5,8,10H,6-7,9,15H2,1-3H3,(H,16,17). The number of benzene rings is 1. The minimum Gasteiger partial charge on any atom is -0.496 e. The molecule has 4 heteroatoms. The van der Waals surface area contributed by atoms with Gasteiger partial charge < -0.3 is 15.8 Å². The quantitative estimate of drug-likeness (QED) is 0.803. The van der Waals surface area contributed by atoms with Crippen molar-refractivity contribution in [1.82, 2.24) is 5.32 Å². The van der Waals surface area contributed by atoms with Crippen molar-refractivity contribution in [3.8, 4) is 5.75 Å². The van der Waals surface area contributed by atoms with E-state index in [1.807, 2.05) is 12.1 Å². The van der Waals surface area contributed by atoms with Gasteiger partial charge in [0.2, 0.25) is 5.91 Å². The summed E-state index contributed by atoms with van der Waals surface area (Å²) in [4.78, 5) is 11.0. The maximum Gasteiger partial charge on any atom is 0.233 e. The number of hydrogen-bond donors (Lipinski definition) is 2. The van der Waals surface area contributed by atoms with Gasteiger partial charge in [0.05, 0.1) is 13.7 Å². The lowest BCUT2D eigenvalue weighted by molar-refractivity contribution is -0.119. The van der Waals surface area contributed by atoms with Crippen molar-refractivity contribution >= 4 is 5.91 Å². The van der Waals surface area contributed by atoms with Crippen LogP contribution in [0.15, 0.2) is 18.2 Å². The number of ether oxygens (including phenoxy) is 1. The SMILES string of the molecule is COc1ccc(CCNC(=O)CN)cc1C(C)C. The van der Waals surface area contributed by atoms with Gasteiger partial charge in [0.15, 0.2) is 0 Å². The molecule has 4 nitrogen and oxygen atoms in total. The van der Waals surface area contributed by atoms with Crippen molar-refractivity contribution in [2.24, 2.45) is 5.73 Å². The first kappa shape index (κ1) is 14.5. The highest BCUT2D eigenvalue weighted by Crippen LogP contribution is 2.27. The first-order valence-electron chi connectivity index (χ1n) is 6.22. The molecule has 1 aromatic rings. The Balaban J connectivity index is 2.67. The van der Waals surface area contributed by atoms with E-state index in [0.29, 0.717) is 12.5 Å². The number of rotatable bonds is 6. The zero-order chi connectivity index (χ0) is 13.5. The molecule has 0 aliphatic carbocycles. The second kappa shape index (κ2) is 7.01. The Hall–Kier alpha value is -1.55. The Labute approximate surface area is 109 Å². The Morgan fingerprint density at radius 2 is 2.17 bits per heavy atom. The van der Waals surface area contributed by atoms with Crippen LogP contribution in [0.2, 0.25) is 0 Å². The molecule has 0 bridgehead atoms. The fraction of sp³-hybridized carbons (Fsp3) is 0.500. The third-order valence-electron chi connectivity index (χ3n) is 2.84. The number of nitrogens with two attached hydrogens (primary N) is 1. The van der Waals surface area contributed by atoms with E-state index in [9.17, 15) is 4.79 Å². The van der Waals surface area contributed by atoms with E-state index in [-0.39, 0.29) is 12.5 Å². The summed E-state index contributed by atoms with van der Waals surface area (Å²) in [5.41, 5.74) is 7.61. The number of amides is 1. The first-order valence-corrected chi connectivity index (χ1v) is 6.22. The van der Waals surface area contributed by atoms with E-state index in [1.54, 1.807) is 7.11 Å². The smallest absolute Gasteiger partial charge is 0.233 e. The van der Waals surface area contributed by atoms with Gasteiger partial charge in [-0.1, -0.05) is 26.0 Å². The summed E-state index contributed by atoms with van der Waals surface area (Å²) < 4.78 is 5.34. The van der Waals surface area contributed by atoms with Crippen molar-refractivity contribution < 1.29 is 9.53 Å². The van der Waals surface area contributed by atoms with E-state index < -0.39 is 0 Å². The Morgan fingerprint density at radius 3 is 2.72 bits per heavy atom. The molecular weight excluding hydrogens is 228 g/mol. The molecule has 0 fully saturated rings. The van der Waals surface area contributed by atoms with Crippen LogP contribution in [0, 0.1) is 0 Å². The summed E-state index contributed by atoms with van der Waals surface area (Å²) in [6.45, 7) is 4.93. The van der Waals surface area contributed by atoms with Crippen LogP contribution in [0.3, 0.4) is 0 Å².